The predicted molar refractivity (Wildman–Crippen MR) is 94.7 cm³/mol. The zero-order valence-electron chi connectivity index (χ0n) is 14.2. The molecule has 7 heteroatoms. The third-order valence-corrected chi connectivity index (χ3v) is 4.36. The number of nitrogens with one attached hydrogen (secondary N) is 1. The fraction of sp³-hybridized carbons (Fsp3) is 0.263. The molecule has 0 bridgehead atoms. The van der Waals surface area contributed by atoms with Crippen molar-refractivity contribution in [2.75, 3.05) is 6.54 Å². The molecule has 1 aliphatic rings. The van der Waals surface area contributed by atoms with Gasteiger partial charge in [0.05, 0.1) is 36.6 Å². The summed E-state index contributed by atoms with van der Waals surface area (Å²) < 4.78 is 7.88. The van der Waals surface area contributed by atoms with Crippen molar-refractivity contribution in [2.24, 2.45) is 0 Å². The van der Waals surface area contributed by atoms with E-state index in [9.17, 15) is 0 Å². The molecule has 1 N–H and O–H groups in total. The van der Waals surface area contributed by atoms with Crippen LogP contribution in [-0.4, -0.2) is 32.6 Å². The van der Waals surface area contributed by atoms with Gasteiger partial charge in [0.25, 0.3) is 0 Å². The van der Waals surface area contributed by atoms with Gasteiger partial charge in [-0.2, -0.15) is 5.26 Å². The van der Waals surface area contributed by atoms with Gasteiger partial charge in [0.15, 0.2) is 0 Å². The van der Waals surface area contributed by atoms with Gasteiger partial charge in [0.1, 0.15) is 5.69 Å². The van der Waals surface area contributed by atoms with Gasteiger partial charge in [-0.1, -0.05) is 17.3 Å². The van der Waals surface area contributed by atoms with Crippen LogP contribution in [0.3, 0.4) is 0 Å². The Morgan fingerprint density at radius 1 is 1.31 bits per heavy atom. The van der Waals surface area contributed by atoms with E-state index in [4.69, 9.17) is 10.00 Å². The van der Waals surface area contributed by atoms with Crippen molar-refractivity contribution in [3.8, 4) is 17.3 Å². The Kier molecular flexibility index (Phi) is 4.69. The van der Waals surface area contributed by atoms with Crippen molar-refractivity contribution in [1.82, 2.24) is 25.3 Å². The summed E-state index contributed by atoms with van der Waals surface area (Å²) in [6, 6.07) is 13.6. The first-order chi connectivity index (χ1) is 12.8. The second kappa shape index (κ2) is 7.44. The number of hydrogen-bond donors (Lipinski definition) is 1. The molecular weight excluding hydrogens is 328 g/mol. The van der Waals surface area contributed by atoms with E-state index in [1.165, 1.54) is 0 Å². The number of nitrogens with zero attached hydrogens (tertiary/aromatic N) is 5. The molecule has 1 atom stereocenters. The Hall–Kier alpha value is -3.08. The minimum absolute atomic E-state index is 0.0325. The Labute approximate surface area is 151 Å². The highest BCUT2D eigenvalue weighted by Crippen LogP contribution is 2.24. The normalized spacial score (nSPS) is 16.0. The van der Waals surface area contributed by atoms with Crippen molar-refractivity contribution >= 4 is 0 Å². The van der Waals surface area contributed by atoms with Crippen LogP contribution in [-0.2, 0) is 24.4 Å². The average molecular weight is 346 g/mol. The van der Waals surface area contributed by atoms with E-state index >= 15 is 0 Å². The molecule has 3 heterocycles. The van der Waals surface area contributed by atoms with Crippen LogP contribution in [0.2, 0.25) is 0 Å². The lowest BCUT2D eigenvalue weighted by Gasteiger charge is -2.24. The third-order valence-electron chi connectivity index (χ3n) is 4.36. The highest BCUT2D eigenvalue weighted by molar-refractivity contribution is 5.59. The molecule has 0 fully saturated rings. The van der Waals surface area contributed by atoms with Gasteiger partial charge in [-0.05, 0) is 29.8 Å². The van der Waals surface area contributed by atoms with E-state index in [1.807, 2.05) is 35.0 Å². The Morgan fingerprint density at radius 3 is 3.12 bits per heavy atom. The molecule has 0 spiro atoms. The molecule has 1 aromatic carbocycles. The molecule has 130 valence electrons. The minimum atomic E-state index is 0.0325. The van der Waals surface area contributed by atoms with Crippen LogP contribution in [0.15, 0.2) is 48.8 Å². The smallest absolute Gasteiger partial charge is 0.120 e. The molecule has 26 heavy (non-hydrogen) atoms. The minimum Gasteiger partial charge on any atom is -0.369 e. The summed E-state index contributed by atoms with van der Waals surface area (Å²) in [6.45, 7) is 2.54. The fourth-order valence-electron chi connectivity index (χ4n) is 3.04. The molecule has 3 aromatic rings. The van der Waals surface area contributed by atoms with E-state index in [0.717, 1.165) is 22.5 Å². The van der Waals surface area contributed by atoms with Crippen LogP contribution in [0.25, 0.3) is 11.3 Å². The van der Waals surface area contributed by atoms with Crippen molar-refractivity contribution in [3.05, 3.63) is 65.6 Å². The van der Waals surface area contributed by atoms with Crippen LogP contribution in [0.1, 0.15) is 16.8 Å². The van der Waals surface area contributed by atoms with Gasteiger partial charge in [0, 0.05) is 31.0 Å². The molecule has 1 aliphatic heterocycles. The lowest BCUT2D eigenvalue weighted by atomic mass is 10.1. The van der Waals surface area contributed by atoms with Crippen LogP contribution >= 0.6 is 0 Å². The molecule has 0 saturated carbocycles. The Morgan fingerprint density at radius 2 is 2.27 bits per heavy atom. The summed E-state index contributed by atoms with van der Waals surface area (Å²) >= 11 is 0. The van der Waals surface area contributed by atoms with Gasteiger partial charge in [0.2, 0.25) is 0 Å². The number of fused-ring (bicyclic) bond motifs is 1. The predicted octanol–water partition coefficient (Wildman–Crippen LogP) is 1.90. The molecular formula is C19H18N6O. The van der Waals surface area contributed by atoms with E-state index in [0.29, 0.717) is 31.8 Å². The first kappa shape index (κ1) is 16.4. The summed E-state index contributed by atoms with van der Waals surface area (Å²) in [6.07, 6.45) is 3.56. The second-order valence-electron chi connectivity index (χ2n) is 6.18. The van der Waals surface area contributed by atoms with Crippen molar-refractivity contribution in [3.63, 3.8) is 0 Å². The van der Waals surface area contributed by atoms with Crippen LogP contribution < -0.4 is 5.32 Å². The van der Waals surface area contributed by atoms with E-state index in [-0.39, 0.29) is 6.10 Å². The number of ether oxygens (including phenoxy) is 1. The van der Waals surface area contributed by atoms with Crippen molar-refractivity contribution in [1.29, 1.82) is 5.26 Å². The molecule has 7 nitrogen and oxygen atoms in total. The average Bonchev–Trinajstić information content (AvgIpc) is 3.12. The SMILES string of the molecule is N#Cc1cccc(CNCC2Cn3nnc(-c4cccnc4)c3CO2)c1. The molecule has 1 unspecified atom stereocenters. The number of rotatable bonds is 5. The maximum atomic E-state index is 8.96. The number of aromatic nitrogens is 4. The van der Waals surface area contributed by atoms with Crippen LogP contribution in [0.5, 0.6) is 0 Å². The second-order valence-corrected chi connectivity index (χ2v) is 6.18. The van der Waals surface area contributed by atoms with Crippen LogP contribution in [0.4, 0.5) is 0 Å². The maximum Gasteiger partial charge on any atom is 0.120 e. The molecule has 0 saturated heterocycles. The number of pyridine rings is 1. The summed E-state index contributed by atoms with van der Waals surface area (Å²) in [4.78, 5) is 4.14. The Balaban J connectivity index is 1.36. The van der Waals surface area contributed by atoms with Gasteiger partial charge in [-0.25, -0.2) is 4.68 Å². The lowest BCUT2D eigenvalue weighted by Crippen LogP contribution is -2.36. The van der Waals surface area contributed by atoms with Crippen molar-refractivity contribution < 1.29 is 4.74 Å². The van der Waals surface area contributed by atoms with Gasteiger partial charge in [-0.15, -0.1) is 5.10 Å². The number of benzene rings is 1. The number of nitriles is 1. The summed E-state index contributed by atoms with van der Waals surface area (Å²) in [5.41, 5.74) is 4.52. The van der Waals surface area contributed by atoms with Crippen LogP contribution in [0, 0.1) is 11.3 Å². The Bertz CT molecular complexity index is 931. The zero-order chi connectivity index (χ0) is 17.8. The quantitative estimate of drug-likeness (QED) is 0.759. The first-order valence-electron chi connectivity index (χ1n) is 8.47. The van der Waals surface area contributed by atoms with Crippen molar-refractivity contribution in [2.45, 2.75) is 25.8 Å². The topological polar surface area (TPSA) is 88.7 Å². The summed E-state index contributed by atoms with van der Waals surface area (Å²) in [7, 11) is 0. The molecule has 2 aromatic heterocycles. The molecule has 0 radical (unpaired) electrons. The van der Waals surface area contributed by atoms with Gasteiger partial charge < -0.3 is 10.1 Å². The largest absolute Gasteiger partial charge is 0.369 e. The number of hydrogen-bond acceptors (Lipinski definition) is 6. The van der Waals surface area contributed by atoms with E-state index in [2.05, 4.69) is 26.7 Å². The maximum absolute atomic E-state index is 8.96. The van der Waals surface area contributed by atoms with E-state index < -0.39 is 0 Å². The summed E-state index contributed by atoms with van der Waals surface area (Å²) in [5.74, 6) is 0. The van der Waals surface area contributed by atoms with E-state index in [1.54, 1.807) is 18.5 Å². The standard InChI is InChI=1S/C19H18N6O/c20-8-14-3-1-4-15(7-14)9-22-11-17-12-25-18(13-26-17)19(23-24-25)16-5-2-6-21-10-16/h1-7,10,17,22H,9,11-13H2. The third kappa shape index (κ3) is 3.47. The van der Waals surface area contributed by atoms with Gasteiger partial charge >= 0.3 is 0 Å². The first-order valence-corrected chi connectivity index (χ1v) is 8.47. The highest BCUT2D eigenvalue weighted by atomic mass is 16.5. The molecule has 4 rings (SSSR count). The lowest BCUT2D eigenvalue weighted by molar-refractivity contribution is 0.00125. The highest BCUT2D eigenvalue weighted by Gasteiger charge is 2.24. The van der Waals surface area contributed by atoms with Gasteiger partial charge in [-0.3, -0.25) is 4.98 Å². The monoisotopic (exact) mass is 346 g/mol. The molecule has 0 amide bonds. The summed E-state index contributed by atoms with van der Waals surface area (Å²) in [5, 5.41) is 20.9. The zero-order valence-corrected chi connectivity index (χ0v) is 14.2. The molecule has 0 aliphatic carbocycles. The fourth-order valence-corrected chi connectivity index (χ4v) is 3.04.